The molecular weight excluding hydrogens is 222 g/mol. The molecule has 0 aliphatic rings. The van der Waals surface area contributed by atoms with Crippen LogP contribution in [0.2, 0.25) is 0 Å². The molecule has 2 rings (SSSR count). The van der Waals surface area contributed by atoms with Gasteiger partial charge in [0.05, 0.1) is 0 Å². The van der Waals surface area contributed by atoms with E-state index < -0.39 is 0 Å². The van der Waals surface area contributed by atoms with Crippen molar-refractivity contribution < 1.29 is 0 Å². The fourth-order valence-corrected chi connectivity index (χ4v) is 1.38. The second-order valence-electron chi connectivity index (χ2n) is 2.86. The van der Waals surface area contributed by atoms with E-state index in [1.807, 2.05) is 45.0 Å². The van der Waals surface area contributed by atoms with Crippen molar-refractivity contribution in [2.24, 2.45) is 0 Å². The number of fused-ring (bicyclic) bond motifs is 1. The lowest BCUT2D eigenvalue weighted by molar-refractivity contribution is 1.28. The molecule has 1 heterocycles. The molecule has 0 fully saturated rings. The van der Waals surface area contributed by atoms with Crippen LogP contribution < -0.4 is 5.56 Å². The topological polar surface area (TPSA) is 32.9 Å². The Morgan fingerprint density at radius 2 is 1.69 bits per heavy atom. The second-order valence-corrected chi connectivity index (χ2v) is 2.86. The summed E-state index contributed by atoms with van der Waals surface area (Å²) in [6, 6.07) is 9.40. The lowest BCUT2D eigenvalue weighted by atomic mass is 10.1. The van der Waals surface area contributed by atoms with Crippen LogP contribution in [0.5, 0.6) is 0 Å². The molecule has 0 saturated carbocycles. The zero-order valence-corrected chi connectivity index (χ0v) is 10.9. The van der Waals surface area contributed by atoms with Crippen molar-refractivity contribution in [3.63, 3.8) is 0 Å². The van der Waals surface area contributed by atoms with Gasteiger partial charge >= 0.3 is 0 Å². The first-order valence-electron chi connectivity index (χ1n) is 5.24. The Morgan fingerprint density at radius 3 is 2.31 bits per heavy atom. The Hall–Kier alpha value is -1.28. The van der Waals surface area contributed by atoms with Crippen LogP contribution in [0, 0.1) is 6.92 Å². The van der Waals surface area contributed by atoms with Gasteiger partial charge in [-0.1, -0.05) is 32.0 Å². The number of para-hydroxylation sites is 1. The molecule has 2 nitrogen and oxygen atoms in total. The molecule has 1 aromatic carbocycles. The van der Waals surface area contributed by atoms with Gasteiger partial charge < -0.3 is 4.98 Å². The minimum atomic E-state index is -0.0359. The van der Waals surface area contributed by atoms with E-state index in [-0.39, 0.29) is 5.56 Å². The molecule has 0 saturated heterocycles. The summed E-state index contributed by atoms with van der Waals surface area (Å²) in [5.41, 5.74) is 1.89. The molecule has 88 valence electrons. The predicted octanol–water partition coefficient (Wildman–Crippen LogP) is 3.72. The predicted molar refractivity (Wildman–Crippen MR) is 72.4 cm³/mol. The van der Waals surface area contributed by atoms with Crippen LogP contribution in [0.25, 0.3) is 10.9 Å². The van der Waals surface area contributed by atoms with Gasteiger partial charge in [-0.25, -0.2) is 0 Å². The summed E-state index contributed by atoms with van der Waals surface area (Å²) < 4.78 is 0. The van der Waals surface area contributed by atoms with Crippen LogP contribution >= 0.6 is 11.6 Å². The van der Waals surface area contributed by atoms with Crippen LogP contribution in [-0.2, 0) is 0 Å². The molecule has 3 heteroatoms. The average molecular weight is 240 g/mol. The van der Waals surface area contributed by atoms with E-state index in [2.05, 4.69) is 16.6 Å². The molecular formula is C13H18ClNO. The van der Waals surface area contributed by atoms with Crippen molar-refractivity contribution in [3.8, 4) is 0 Å². The molecule has 2 aromatic rings. The first-order chi connectivity index (χ1) is 7.77. The smallest absolute Gasteiger partial charge is 0.248 e. The third-order valence-corrected chi connectivity index (χ3v) is 1.96. The molecule has 0 radical (unpaired) electrons. The van der Waals surface area contributed by atoms with Gasteiger partial charge in [0.2, 0.25) is 5.56 Å². The van der Waals surface area contributed by atoms with Crippen LogP contribution in [0.4, 0.5) is 0 Å². The maximum Gasteiger partial charge on any atom is 0.248 e. The van der Waals surface area contributed by atoms with E-state index in [0.717, 1.165) is 16.5 Å². The minimum Gasteiger partial charge on any atom is -0.322 e. The van der Waals surface area contributed by atoms with Gasteiger partial charge in [0, 0.05) is 23.4 Å². The number of rotatable bonds is 0. The van der Waals surface area contributed by atoms with Gasteiger partial charge in [0.15, 0.2) is 0 Å². The SMILES string of the molecule is CC.CCl.Cc1cc(=O)[nH]c2ccccc12. The van der Waals surface area contributed by atoms with E-state index in [1.165, 1.54) is 6.38 Å². The number of aryl methyl sites for hydroxylation is 1. The Bertz CT molecular complexity index is 477. The summed E-state index contributed by atoms with van der Waals surface area (Å²) in [4.78, 5) is 13.8. The number of hydrogen-bond acceptors (Lipinski definition) is 1. The second kappa shape index (κ2) is 7.94. The molecule has 16 heavy (non-hydrogen) atoms. The molecule has 0 spiro atoms. The highest BCUT2D eigenvalue weighted by atomic mass is 35.5. The fraction of sp³-hybridized carbons (Fsp3) is 0.308. The number of aromatic amines is 1. The average Bonchev–Trinajstić information content (AvgIpc) is 2.34. The summed E-state index contributed by atoms with van der Waals surface area (Å²) in [5.74, 6) is 0. The van der Waals surface area contributed by atoms with E-state index in [4.69, 9.17) is 0 Å². The molecule has 0 bridgehead atoms. The highest BCUT2D eigenvalue weighted by Crippen LogP contribution is 2.12. The number of H-pyrrole nitrogens is 1. The van der Waals surface area contributed by atoms with Gasteiger partial charge in [0.25, 0.3) is 0 Å². The van der Waals surface area contributed by atoms with Crippen LogP contribution in [0.15, 0.2) is 35.1 Å². The summed E-state index contributed by atoms with van der Waals surface area (Å²) in [6.07, 6.45) is 1.47. The van der Waals surface area contributed by atoms with Crippen molar-refractivity contribution in [2.45, 2.75) is 20.8 Å². The van der Waals surface area contributed by atoms with Gasteiger partial charge in [-0.3, -0.25) is 4.79 Å². The van der Waals surface area contributed by atoms with Crippen molar-refractivity contribution in [2.75, 3.05) is 6.38 Å². The van der Waals surface area contributed by atoms with Gasteiger partial charge in [-0.15, -0.1) is 11.6 Å². The molecule has 1 aromatic heterocycles. The Balaban J connectivity index is 0.000000509. The highest BCUT2D eigenvalue weighted by molar-refractivity contribution is 6.15. The fourth-order valence-electron chi connectivity index (χ4n) is 1.38. The van der Waals surface area contributed by atoms with Crippen LogP contribution in [0.1, 0.15) is 19.4 Å². The standard InChI is InChI=1S/C10H9NO.C2H6.CH3Cl/c1-7-6-10(12)11-9-5-3-2-4-8(7)9;2*1-2/h2-6H,1H3,(H,11,12);1-2H3;1H3. The summed E-state index contributed by atoms with van der Waals surface area (Å²) in [6.45, 7) is 5.94. The number of benzene rings is 1. The van der Waals surface area contributed by atoms with E-state index in [0.29, 0.717) is 0 Å². The molecule has 0 amide bonds. The Kier molecular flexibility index (Phi) is 7.31. The van der Waals surface area contributed by atoms with E-state index in [1.54, 1.807) is 6.07 Å². The number of pyridine rings is 1. The maximum atomic E-state index is 11.0. The van der Waals surface area contributed by atoms with Crippen molar-refractivity contribution >= 4 is 22.5 Å². The zero-order valence-electron chi connectivity index (χ0n) is 10.2. The molecule has 0 atom stereocenters. The number of alkyl halides is 1. The maximum absolute atomic E-state index is 11.0. The molecule has 0 aliphatic carbocycles. The summed E-state index contributed by atoms with van der Waals surface area (Å²) in [5, 5.41) is 1.11. The monoisotopic (exact) mass is 239 g/mol. The van der Waals surface area contributed by atoms with Gasteiger partial charge in [-0.05, 0) is 18.6 Å². The normalized spacial score (nSPS) is 8.56. The van der Waals surface area contributed by atoms with Gasteiger partial charge in [-0.2, -0.15) is 0 Å². The highest BCUT2D eigenvalue weighted by Gasteiger charge is 1.96. The van der Waals surface area contributed by atoms with Crippen molar-refractivity contribution in [1.82, 2.24) is 4.98 Å². The minimum absolute atomic E-state index is 0.0359. The van der Waals surface area contributed by atoms with Crippen LogP contribution in [0.3, 0.4) is 0 Å². The Labute approximate surface area is 101 Å². The number of aromatic nitrogens is 1. The van der Waals surface area contributed by atoms with Crippen LogP contribution in [-0.4, -0.2) is 11.4 Å². The lowest BCUT2D eigenvalue weighted by Gasteiger charge is -1.98. The summed E-state index contributed by atoms with van der Waals surface area (Å²) in [7, 11) is 0. The number of hydrogen-bond donors (Lipinski definition) is 1. The van der Waals surface area contributed by atoms with Gasteiger partial charge in [0.1, 0.15) is 0 Å². The molecule has 0 unspecified atom stereocenters. The van der Waals surface area contributed by atoms with Crippen molar-refractivity contribution in [3.05, 3.63) is 46.2 Å². The number of halogens is 1. The lowest BCUT2D eigenvalue weighted by Crippen LogP contribution is -2.04. The van der Waals surface area contributed by atoms with Crippen molar-refractivity contribution in [1.29, 1.82) is 0 Å². The van der Waals surface area contributed by atoms with E-state index >= 15 is 0 Å². The first kappa shape index (κ1) is 14.7. The third-order valence-electron chi connectivity index (χ3n) is 1.96. The number of nitrogens with one attached hydrogen (secondary N) is 1. The largest absolute Gasteiger partial charge is 0.322 e. The third kappa shape index (κ3) is 3.70. The zero-order chi connectivity index (χ0) is 12.6. The molecule has 1 N–H and O–H groups in total. The molecule has 0 aliphatic heterocycles. The summed E-state index contributed by atoms with van der Waals surface area (Å²) >= 11 is 4.64. The van der Waals surface area contributed by atoms with E-state index in [9.17, 15) is 4.79 Å². The first-order valence-corrected chi connectivity index (χ1v) is 5.99. The quantitative estimate of drug-likeness (QED) is 0.699. The Morgan fingerprint density at radius 1 is 1.12 bits per heavy atom.